The first kappa shape index (κ1) is 11.7. The fourth-order valence-corrected chi connectivity index (χ4v) is 2.09. The van der Waals surface area contributed by atoms with Gasteiger partial charge in [-0.3, -0.25) is 0 Å². The molecule has 1 saturated heterocycles. The molecule has 0 aromatic heterocycles. The van der Waals surface area contributed by atoms with Crippen molar-refractivity contribution in [2.24, 2.45) is 0 Å². The number of hydrogen-bond acceptors (Lipinski definition) is 3. The molecule has 0 aromatic carbocycles. The van der Waals surface area contributed by atoms with Gasteiger partial charge >= 0.3 is 0 Å². The molecule has 1 fully saturated rings. The summed E-state index contributed by atoms with van der Waals surface area (Å²) in [6.07, 6.45) is 3.79. The molecular formula is C11H21NO2. The lowest BCUT2D eigenvalue weighted by Gasteiger charge is -2.26. The molecule has 0 saturated carbocycles. The summed E-state index contributed by atoms with van der Waals surface area (Å²) in [4.78, 5) is 13.5. The Kier molecular flexibility index (Phi) is 4.55. The highest BCUT2D eigenvalue weighted by Crippen LogP contribution is 2.24. The number of nitrogens with zero attached hydrogens (tertiary/aromatic N) is 1. The van der Waals surface area contributed by atoms with Crippen LogP contribution in [0, 0.1) is 0 Å². The number of likely N-dealkylation sites (tertiary alicyclic amines) is 1. The zero-order valence-electron chi connectivity index (χ0n) is 9.29. The number of ether oxygens (including phenoxy) is 1. The Labute approximate surface area is 86.4 Å². The van der Waals surface area contributed by atoms with Crippen LogP contribution >= 0.6 is 0 Å². The summed E-state index contributed by atoms with van der Waals surface area (Å²) in [7, 11) is 0. The zero-order valence-corrected chi connectivity index (χ0v) is 9.29. The highest BCUT2D eigenvalue weighted by atomic mass is 16.5. The minimum absolute atomic E-state index is 0.487. The van der Waals surface area contributed by atoms with Gasteiger partial charge < -0.3 is 14.4 Å². The smallest absolute Gasteiger partial charge is 0.151 e. The van der Waals surface area contributed by atoms with Crippen LogP contribution in [0.3, 0.4) is 0 Å². The zero-order chi connectivity index (χ0) is 10.4. The Morgan fingerprint density at radius 2 is 2.14 bits per heavy atom. The number of aldehydes is 1. The van der Waals surface area contributed by atoms with Crippen molar-refractivity contribution in [3.05, 3.63) is 0 Å². The molecule has 1 atom stereocenters. The first-order chi connectivity index (χ1) is 6.76. The van der Waals surface area contributed by atoms with Crippen LogP contribution in [0.25, 0.3) is 0 Å². The van der Waals surface area contributed by atoms with Crippen molar-refractivity contribution >= 4 is 6.29 Å². The van der Waals surface area contributed by atoms with Gasteiger partial charge in [-0.1, -0.05) is 6.92 Å². The van der Waals surface area contributed by atoms with Gasteiger partial charge in [0.05, 0.1) is 0 Å². The third kappa shape index (κ3) is 2.79. The minimum atomic E-state index is -0.487. The molecule has 0 spiro atoms. The standard InChI is InChI=1S/C11H21NO2/c1-3-12-8-5-6-11(10-13,7-9-12)14-4-2/h10H,3-9H2,1-2H3. The summed E-state index contributed by atoms with van der Waals surface area (Å²) in [5.41, 5.74) is -0.487. The van der Waals surface area contributed by atoms with Gasteiger partial charge in [0, 0.05) is 13.2 Å². The van der Waals surface area contributed by atoms with Crippen LogP contribution in [0.15, 0.2) is 0 Å². The third-order valence-corrected chi connectivity index (χ3v) is 3.02. The molecule has 1 heterocycles. The van der Waals surface area contributed by atoms with Crippen molar-refractivity contribution in [2.45, 2.75) is 38.7 Å². The van der Waals surface area contributed by atoms with Gasteiger partial charge in [-0.25, -0.2) is 0 Å². The molecule has 3 heteroatoms. The molecule has 1 aliphatic rings. The molecule has 14 heavy (non-hydrogen) atoms. The minimum Gasteiger partial charge on any atom is -0.368 e. The number of rotatable bonds is 4. The van der Waals surface area contributed by atoms with Gasteiger partial charge in [-0.15, -0.1) is 0 Å². The van der Waals surface area contributed by atoms with E-state index in [0.717, 1.165) is 45.2 Å². The second-order valence-corrected chi connectivity index (χ2v) is 3.90. The van der Waals surface area contributed by atoms with Gasteiger partial charge in [0.1, 0.15) is 5.60 Å². The molecule has 0 aliphatic carbocycles. The van der Waals surface area contributed by atoms with E-state index in [0.29, 0.717) is 6.61 Å². The van der Waals surface area contributed by atoms with Gasteiger partial charge in [0.25, 0.3) is 0 Å². The van der Waals surface area contributed by atoms with E-state index in [1.807, 2.05) is 6.92 Å². The van der Waals surface area contributed by atoms with Crippen LogP contribution < -0.4 is 0 Å². The van der Waals surface area contributed by atoms with Crippen molar-refractivity contribution in [1.82, 2.24) is 4.90 Å². The average molecular weight is 199 g/mol. The maximum Gasteiger partial charge on any atom is 0.151 e. The maximum atomic E-state index is 11.1. The molecule has 0 bridgehead atoms. The summed E-state index contributed by atoms with van der Waals surface area (Å²) in [6, 6.07) is 0. The fourth-order valence-electron chi connectivity index (χ4n) is 2.09. The van der Waals surface area contributed by atoms with Crippen LogP contribution in [-0.4, -0.2) is 43.0 Å². The predicted molar refractivity (Wildman–Crippen MR) is 56.4 cm³/mol. The molecule has 1 rings (SSSR count). The average Bonchev–Trinajstić information content (AvgIpc) is 2.42. The highest BCUT2D eigenvalue weighted by molar-refractivity contribution is 5.62. The largest absolute Gasteiger partial charge is 0.368 e. The molecule has 82 valence electrons. The Balaban J connectivity index is 2.56. The quantitative estimate of drug-likeness (QED) is 0.642. The first-order valence-corrected chi connectivity index (χ1v) is 5.59. The second-order valence-electron chi connectivity index (χ2n) is 3.90. The van der Waals surface area contributed by atoms with Crippen molar-refractivity contribution < 1.29 is 9.53 Å². The van der Waals surface area contributed by atoms with E-state index in [-0.39, 0.29) is 0 Å². The normalized spacial score (nSPS) is 29.9. The van der Waals surface area contributed by atoms with E-state index in [1.165, 1.54) is 0 Å². The lowest BCUT2D eigenvalue weighted by molar-refractivity contribution is -0.132. The monoisotopic (exact) mass is 199 g/mol. The van der Waals surface area contributed by atoms with Crippen LogP contribution in [0.5, 0.6) is 0 Å². The number of hydrogen-bond donors (Lipinski definition) is 0. The fraction of sp³-hybridized carbons (Fsp3) is 0.909. The topological polar surface area (TPSA) is 29.5 Å². The van der Waals surface area contributed by atoms with E-state index < -0.39 is 5.60 Å². The van der Waals surface area contributed by atoms with Crippen LogP contribution in [0.4, 0.5) is 0 Å². The Bertz CT molecular complexity index is 184. The SMILES string of the molecule is CCOC1(C=O)CCCN(CC)CC1. The number of carbonyl (C=O) groups is 1. The van der Waals surface area contributed by atoms with E-state index in [9.17, 15) is 4.79 Å². The van der Waals surface area contributed by atoms with Gasteiger partial charge in [-0.2, -0.15) is 0 Å². The third-order valence-electron chi connectivity index (χ3n) is 3.02. The van der Waals surface area contributed by atoms with Crippen LogP contribution in [0.1, 0.15) is 33.1 Å². The summed E-state index contributed by atoms with van der Waals surface area (Å²) in [6.45, 7) is 7.89. The lowest BCUT2D eigenvalue weighted by Crippen LogP contribution is -2.36. The summed E-state index contributed by atoms with van der Waals surface area (Å²) in [5, 5.41) is 0. The van der Waals surface area contributed by atoms with Gasteiger partial charge in [-0.05, 0) is 39.3 Å². The lowest BCUT2D eigenvalue weighted by atomic mass is 9.96. The van der Waals surface area contributed by atoms with Gasteiger partial charge in [0.15, 0.2) is 6.29 Å². The van der Waals surface area contributed by atoms with Crippen molar-refractivity contribution in [1.29, 1.82) is 0 Å². The van der Waals surface area contributed by atoms with Crippen molar-refractivity contribution in [3.8, 4) is 0 Å². The summed E-state index contributed by atoms with van der Waals surface area (Å²) < 4.78 is 5.60. The molecule has 1 unspecified atom stereocenters. The molecular weight excluding hydrogens is 178 g/mol. The maximum absolute atomic E-state index is 11.1. The Hall–Kier alpha value is -0.410. The van der Waals surface area contributed by atoms with Crippen LogP contribution in [0.2, 0.25) is 0 Å². The predicted octanol–water partition coefficient (Wildman–Crippen LogP) is 1.47. The molecule has 3 nitrogen and oxygen atoms in total. The second kappa shape index (κ2) is 5.47. The Morgan fingerprint density at radius 3 is 2.71 bits per heavy atom. The molecule has 0 N–H and O–H groups in total. The highest BCUT2D eigenvalue weighted by Gasteiger charge is 2.32. The molecule has 0 aromatic rings. The van der Waals surface area contributed by atoms with E-state index in [1.54, 1.807) is 0 Å². The first-order valence-electron chi connectivity index (χ1n) is 5.59. The molecule has 0 amide bonds. The summed E-state index contributed by atoms with van der Waals surface area (Å²) in [5.74, 6) is 0. The van der Waals surface area contributed by atoms with Crippen LogP contribution in [-0.2, 0) is 9.53 Å². The van der Waals surface area contributed by atoms with E-state index >= 15 is 0 Å². The number of carbonyl (C=O) groups excluding carboxylic acids is 1. The van der Waals surface area contributed by atoms with Crippen molar-refractivity contribution in [3.63, 3.8) is 0 Å². The summed E-state index contributed by atoms with van der Waals surface area (Å²) >= 11 is 0. The van der Waals surface area contributed by atoms with E-state index in [2.05, 4.69) is 11.8 Å². The molecule has 1 aliphatic heterocycles. The molecule has 0 radical (unpaired) electrons. The van der Waals surface area contributed by atoms with Gasteiger partial charge in [0.2, 0.25) is 0 Å². The Morgan fingerprint density at radius 1 is 1.36 bits per heavy atom. The van der Waals surface area contributed by atoms with E-state index in [4.69, 9.17) is 4.74 Å². The van der Waals surface area contributed by atoms with Crippen molar-refractivity contribution in [2.75, 3.05) is 26.2 Å².